The van der Waals surface area contributed by atoms with Crippen molar-refractivity contribution in [1.29, 1.82) is 0 Å². The van der Waals surface area contributed by atoms with E-state index in [1.54, 1.807) is 25.1 Å². The molecule has 0 aromatic heterocycles. The fourth-order valence-corrected chi connectivity index (χ4v) is 3.34. The molecule has 2 aromatic rings. The Morgan fingerprint density at radius 2 is 1.80 bits per heavy atom. The summed E-state index contributed by atoms with van der Waals surface area (Å²) >= 11 is 0. The molecule has 0 bridgehead atoms. The molecule has 0 atom stereocenters. The van der Waals surface area contributed by atoms with Crippen molar-refractivity contribution in [2.75, 3.05) is 17.1 Å². The van der Waals surface area contributed by atoms with Gasteiger partial charge < -0.3 is 5.73 Å². The van der Waals surface area contributed by atoms with E-state index in [0.717, 1.165) is 4.31 Å². The second-order valence-electron chi connectivity index (χ2n) is 4.45. The molecule has 106 valence electrons. The third-order valence-electron chi connectivity index (χ3n) is 3.04. The molecule has 0 unspecified atom stereocenters. The normalized spacial score (nSPS) is 11.3. The molecule has 0 aliphatic rings. The van der Waals surface area contributed by atoms with Crippen LogP contribution in [0.15, 0.2) is 47.4 Å². The first-order chi connectivity index (χ1) is 9.34. The summed E-state index contributed by atoms with van der Waals surface area (Å²) in [4.78, 5) is 0.0725. The number of rotatable bonds is 3. The molecule has 0 spiro atoms. The summed E-state index contributed by atoms with van der Waals surface area (Å²) < 4.78 is 39.8. The van der Waals surface area contributed by atoms with Gasteiger partial charge in [0, 0.05) is 12.7 Å². The standard InChI is InChI=1S/C14H15FN2O2S/c1-10-7-8-11(16)9-14(10)20(18,19)17(2)13-6-4-3-5-12(13)15/h3-9H,16H2,1-2H3. The topological polar surface area (TPSA) is 63.4 Å². The average Bonchev–Trinajstić information content (AvgIpc) is 2.41. The largest absolute Gasteiger partial charge is 0.399 e. The van der Waals surface area contributed by atoms with E-state index < -0.39 is 15.8 Å². The van der Waals surface area contributed by atoms with Crippen molar-refractivity contribution >= 4 is 21.4 Å². The van der Waals surface area contributed by atoms with E-state index >= 15 is 0 Å². The number of nitrogen functional groups attached to an aromatic ring is 1. The Morgan fingerprint density at radius 1 is 1.15 bits per heavy atom. The molecular formula is C14H15FN2O2S. The van der Waals surface area contributed by atoms with Gasteiger partial charge in [-0.15, -0.1) is 0 Å². The molecular weight excluding hydrogens is 279 g/mol. The predicted octanol–water partition coefficient (Wildman–Crippen LogP) is 2.54. The molecule has 0 saturated heterocycles. The Kier molecular flexibility index (Phi) is 3.67. The fraction of sp³-hybridized carbons (Fsp3) is 0.143. The van der Waals surface area contributed by atoms with E-state index in [4.69, 9.17) is 5.73 Å². The van der Waals surface area contributed by atoms with Gasteiger partial charge in [-0.3, -0.25) is 4.31 Å². The number of hydrogen-bond donors (Lipinski definition) is 1. The van der Waals surface area contributed by atoms with Crippen molar-refractivity contribution in [2.24, 2.45) is 0 Å². The monoisotopic (exact) mass is 294 g/mol. The fourth-order valence-electron chi connectivity index (χ4n) is 1.88. The van der Waals surface area contributed by atoms with Crippen LogP contribution in [-0.2, 0) is 10.0 Å². The van der Waals surface area contributed by atoms with Crippen molar-refractivity contribution in [1.82, 2.24) is 0 Å². The number of hydrogen-bond acceptors (Lipinski definition) is 3. The Hall–Kier alpha value is -2.08. The summed E-state index contributed by atoms with van der Waals surface area (Å²) in [5.74, 6) is -0.597. The van der Waals surface area contributed by atoms with Crippen LogP contribution in [0.1, 0.15) is 5.56 Å². The first-order valence-electron chi connectivity index (χ1n) is 5.93. The number of sulfonamides is 1. The quantitative estimate of drug-likeness (QED) is 0.885. The van der Waals surface area contributed by atoms with Crippen LogP contribution in [0.5, 0.6) is 0 Å². The molecule has 0 heterocycles. The number of halogens is 1. The molecule has 2 aromatic carbocycles. The molecule has 4 nitrogen and oxygen atoms in total. The van der Waals surface area contributed by atoms with Crippen LogP contribution in [0.2, 0.25) is 0 Å². The molecule has 6 heteroatoms. The highest BCUT2D eigenvalue weighted by molar-refractivity contribution is 7.92. The average molecular weight is 294 g/mol. The summed E-state index contributed by atoms with van der Waals surface area (Å²) in [5, 5.41) is 0. The molecule has 0 saturated carbocycles. The molecule has 0 aliphatic carbocycles. The number of nitrogens with two attached hydrogens (primary N) is 1. The summed E-state index contributed by atoms with van der Waals surface area (Å²) in [6.45, 7) is 1.67. The van der Waals surface area contributed by atoms with Gasteiger partial charge in [0.2, 0.25) is 0 Å². The van der Waals surface area contributed by atoms with Gasteiger partial charge in [0.15, 0.2) is 0 Å². The molecule has 2 rings (SSSR count). The van der Waals surface area contributed by atoms with Crippen LogP contribution in [0.3, 0.4) is 0 Å². The van der Waals surface area contributed by atoms with E-state index in [-0.39, 0.29) is 10.6 Å². The minimum absolute atomic E-state index is 0.00526. The molecule has 0 aliphatic heterocycles. The summed E-state index contributed by atoms with van der Waals surface area (Å²) in [6.07, 6.45) is 0. The number of anilines is 2. The van der Waals surface area contributed by atoms with Gasteiger partial charge in [0.25, 0.3) is 10.0 Å². The number of para-hydroxylation sites is 1. The third-order valence-corrected chi connectivity index (χ3v) is 4.96. The van der Waals surface area contributed by atoms with Crippen molar-refractivity contribution in [3.8, 4) is 0 Å². The van der Waals surface area contributed by atoms with E-state index in [2.05, 4.69) is 0 Å². The van der Waals surface area contributed by atoms with Gasteiger partial charge in [-0.25, -0.2) is 12.8 Å². The molecule has 0 fully saturated rings. The number of aryl methyl sites for hydroxylation is 1. The maximum Gasteiger partial charge on any atom is 0.264 e. The van der Waals surface area contributed by atoms with Gasteiger partial charge in [-0.2, -0.15) is 0 Å². The first-order valence-corrected chi connectivity index (χ1v) is 7.37. The van der Waals surface area contributed by atoms with Crippen LogP contribution < -0.4 is 10.0 Å². The smallest absolute Gasteiger partial charge is 0.264 e. The zero-order chi connectivity index (χ0) is 14.9. The van der Waals surface area contributed by atoms with Gasteiger partial charge in [0.05, 0.1) is 10.6 Å². The highest BCUT2D eigenvalue weighted by Crippen LogP contribution is 2.27. The maximum atomic E-state index is 13.7. The number of nitrogens with zero attached hydrogens (tertiary/aromatic N) is 1. The summed E-state index contributed by atoms with van der Waals surface area (Å²) in [6, 6.07) is 10.3. The minimum atomic E-state index is -3.85. The van der Waals surface area contributed by atoms with Crippen molar-refractivity contribution in [3.63, 3.8) is 0 Å². The highest BCUT2D eigenvalue weighted by atomic mass is 32.2. The molecule has 20 heavy (non-hydrogen) atoms. The summed E-state index contributed by atoms with van der Waals surface area (Å²) in [7, 11) is -2.54. The first kappa shape index (κ1) is 14.3. The maximum absolute atomic E-state index is 13.7. The lowest BCUT2D eigenvalue weighted by Crippen LogP contribution is -2.28. The van der Waals surface area contributed by atoms with Crippen molar-refractivity contribution in [3.05, 3.63) is 53.8 Å². The molecule has 0 radical (unpaired) electrons. The van der Waals surface area contributed by atoms with Crippen molar-refractivity contribution < 1.29 is 12.8 Å². The van der Waals surface area contributed by atoms with Crippen LogP contribution in [0, 0.1) is 12.7 Å². The highest BCUT2D eigenvalue weighted by Gasteiger charge is 2.25. The zero-order valence-electron chi connectivity index (χ0n) is 11.2. The van der Waals surface area contributed by atoms with Crippen molar-refractivity contribution in [2.45, 2.75) is 11.8 Å². The SMILES string of the molecule is Cc1ccc(N)cc1S(=O)(=O)N(C)c1ccccc1F. The zero-order valence-corrected chi connectivity index (χ0v) is 12.0. The van der Waals surface area contributed by atoms with Gasteiger partial charge in [-0.05, 0) is 36.8 Å². The Morgan fingerprint density at radius 3 is 2.45 bits per heavy atom. The lowest BCUT2D eigenvalue weighted by Gasteiger charge is -2.21. The Balaban J connectivity index is 2.56. The predicted molar refractivity (Wildman–Crippen MR) is 77.6 cm³/mol. The minimum Gasteiger partial charge on any atom is -0.399 e. The van der Waals surface area contributed by atoms with E-state index in [1.807, 2.05) is 0 Å². The van der Waals surface area contributed by atoms with Crippen LogP contribution in [0.25, 0.3) is 0 Å². The molecule has 2 N–H and O–H groups in total. The Labute approximate surface area is 117 Å². The Bertz CT molecular complexity index is 745. The second kappa shape index (κ2) is 5.13. The lowest BCUT2D eigenvalue weighted by atomic mass is 10.2. The van der Waals surface area contributed by atoms with E-state index in [0.29, 0.717) is 11.3 Å². The lowest BCUT2D eigenvalue weighted by molar-refractivity contribution is 0.589. The van der Waals surface area contributed by atoms with Crippen LogP contribution >= 0.6 is 0 Å². The summed E-state index contributed by atoms with van der Waals surface area (Å²) in [5.41, 5.74) is 6.53. The third kappa shape index (κ3) is 2.46. The second-order valence-corrected chi connectivity index (χ2v) is 6.39. The van der Waals surface area contributed by atoms with Gasteiger partial charge in [0.1, 0.15) is 5.82 Å². The molecule has 0 amide bonds. The van der Waals surface area contributed by atoms with Gasteiger partial charge >= 0.3 is 0 Å². The van der Waals surface area contributed by atoms with Gasteiger partial charge in [-0.1, -0.05) is 18.2 Å². The van der Waals surface area contributed by atoms with E-state index in [1.165, 1.54) is 31.3 Å². The number of benzene rings is 2. The van der Waals surface area contributed by atoms with Crippen LogP contribution in [0.4, 0.5) is 15.8 Å². The van der Waals surface area contributed by atoms with E-state index in [9.17, 15) is 12.8 Å². The van der Waals surface area contributed by atoms with Crippen LogP contribution in [-0.4, -0.2) is 15.5 Å².